The molecule has 0 amide bonds. The molecule has 0 spiro atoms. The fraction of sp³-hybridized carbons (Fsp3) is 0.750. The second-order valence-corrected chi connectivity index (χ2v) is 4.87. The van der Waals surface area contributed by atoms with E-state index in [0.717, 1.165) is 12.3 Å². The zero-order valence-electron chi connectivity index (χ0n) is 10.6. The van der Waals surface area contributed by atoms with Gasteiger partial charge in [-0.05, 0) is 24.8 Å². The van der Waals surface area contributed by atoms with E-state index in [4.69, 9.17) is 4.74 Å². The summed E-state index contributed by atoms with van der Waals surface area (Å²) in [7, 11) is 3.69. The molecule has 0 aliphatic heterocycles. The molecule has 4 nitrogen and oxygen atoms in total. The van der Waals surface area contributed by atoms with Crippen LogP contribution in [0.4, 0.5) is 0 Å². The normalized spacial score (nSPS) is 19.5. The van der Waals surface area contributed by atoms with Gasteiger partial charge >= 0.3 is 0 Å². The Balaban J connectivity index is 2.34. The molecule has 1 unspecified atom stereocenters. The van der Waals surface area contributed by atoms with Gasteiger partial charge in [-0.15, -0.1) is 0 Å². The van der Waals surface area contributed by atoms with Crippen molar-refractivity contribution in [3.8, 4) is 5.75 Å². The lowest BCUT2D eigenvalue weighted by molar-refractivity contribution is 0.332. The van der Waals surface area contributed by atoms with E-state index >= 15 is 0 Å². The second kappa shape index (κ2) is 4.09. The van der Waals surface area contributed by atoms with Crippen LogP contribution in [0.25, 0.3) is 0 Å². The summed E-state index contributed by atoms with van der Waals surface area (Å²) in [5.41, 5.74) is 1.54. The Kier molecular flexibility index (Phi) is 2.93. The summed E-state index contributed by atoms with van der Waals surface area (Å²) < 4.78 is 7.32. The van der Waals surface area contributed by atoms with E-state index in [2.05, 4.69) is 24.3 Å². The van der Waals surface area contributed by atoms with Crippen molar-refractivity contribution in [3.05, 3.63) is 11.9 Å². The number of aromatic nitrogens is 2. The Hall–Kier alpha value is -1.03. The first-order valence-corrected chi connectivity index (χ1v) is 5.91. The number of nitrogens with one attached hydrogen (secondary N) is 1. The number of nitrogens with zero attached hydrogens (tertiary/aromatic N) is 2. The third kappa shape index (κ3) is 1.82. The van der Waals surface area contributed by atoms with Crippen LogP contribution in [0.5, 0.6) is 5.75 Å². The van der Waals surface area contributed by atoms with Crippen molar-refractivity contribution in [2.24, 2.45) is 12.5 Å². The van der Waals surface area contributed by atoms with Gasteiger partial charge in [-0.25, -0.2) is 0 Å². The molecule has 1 N–H and O–H groups in total. The van der Waals surface area contributed by atoms with Crippen molar-refractivity contribution >= 4 is 0 Å². The highest BCUT2D eigenvalue weighted by Crippen LogP contribution is 2.55. The van der Waals surface area contributed by atoms with Crippen LogP contribution >= 0.6 is 0 Å². The highest BCUT2D eigenvalue weighted by atomic mass is 16.5. The summed E-state index contributed by atoms with van der Waals surface area (Å²) in [4.78, 5) is 0. The van der Waals surface area contributed by atoms with Gasteiger partial charge in [-0.1, -0.05) is 13.8 Å². The molecule has 1 saturated carbocycles. The van der Waals surface area contributed by atoms with Gasteiger partial charge in [0, 0.05) is 7.05 Å². The molecule has 1 aliphatic rings. The zero-order chi connectivity index (χ0) is 11.8. The summed E-state index contributed by atoms with van der Waals surface area (Å²) in [6.07, 6.45) is 4.35. The minimum Gasteiger partial charge on any atom is -0.493 e. The molecule has 0 radical (unpaired) electrons. The maximum atomic E-state index is 5.39. The first kappa shape index (κ1) is 11.5. The van der Waals surface area contributed by atoms with Crippen molar-refractivity contribution in [2.45, 2.75) is 32.7 Å². The highest BCUT2D eigenvalue weighted by molar-refractivity contribution is 5.31. The smallest absolute Gasteiger partial charge is 0.161 e. The van der Waals surface area contributed by atoms with Crippen LogP contribution in [0.1, 0.15) is 38.4 Å². The maximum absolute atomic E-state index is 5.39. The Bertz CT molecular complexity index is 368. The lowest BCUT2D eigenvalue weighted by Crippen LogP contribution is -2.30. The monoisotopic (exact) mass is 223 g/mol. The number of ether oxygens (including phenoxy) is 1. The van der Waals surface area contributed by atoms with Crippen molar-refractivity contribution in [1.29, 1.82) is 0 Å². The van der Waals surface area contributed by atoms with Crippen LogP contribution in [-0.2, 0) is 7.05 Å². The third-order valence-electron chi connectivity index (χ3n) is 3.59. The SMILES string of the molecule is CCNC(c1c(OC)cnn1C)C1(C)CC1. The van der Waals surface area contributed by atoms with E-state index in [1.165, 1.54) is 18.5 Å². The molecule has 1 aliphatic carbocycles. The number of rotatable bonds is 5. The van der Waals surface area contributed by atoms with Crippen molar-refractivity contribution in [2.75, 3.05) is 13.7 Å². The number of aryl methyl sites for hydroxylation is 1. The standard InChI is InChI=1S/C12H21N3O/c1-5-13-11(12(2)6-7-12)10-9(16-4)8-14-15(10)3/h8,11,13H,5-7H2,1-4H3. The lowest BCUT2D eigenvalue weighted by Gasteiger charge is -2.25. The lowest BCUT2D eigenvalue weighted by atomic mass is 9.95. The maximum Gasteiger partial charge on any atom is 0.161 e. The van der Waals surface area contributed by atoms with Gasteiger partial charge in [0.2, 0.25) is 0 Å². The molecule has 4 heteroatoms. The van der Waals surface area contributed by atoms with Gasteiger partial charge in [0.1, 0.15) is 0 Å². The van der Waals surface area contributed by atoms with E-state index in [-0.39, 0.29) is 0 Å². The van der Waals surface area contributed by atoms with Gasteiger partial charge in [-0.3, -0.25) is 4.68 Å². The molecule has 2 rings (SSSR count). The summed E-state index contributed by atoms with van der Waals surface area (Å²) in [6, 6.07) is 0.347. The van der Waals surface area contributed by atoms with Crippen LogP contribution in [0.15, 0.2) is 6.20 Å². The average Bonchev–Trinajstić information content (AvgIpc) is 2.90. The quantitative estimate of drug-likeness (QED) is 0.828. The zero-order valence-corrected chi connectivity index (χ0v) is 10.6. The number of hydrogen-bond acceptors (Lipinski definition) is 3. The van der Waals surface area contributed by atoms with Gasteiger partial charge in [0.05, 0.1) is 25.0 Å². The van der Waals surface area contributed by atoms with E-state index in [9.17, 15) is 0 Å². The number of hydrogen-bond donors (Lipinski definition) is 1. The van der Waals surface area contributed by atoms with E-state index in [1.807, 2.05) is 11.7 Å². The Labute approximate surface area is 97.0 Å². The van der Waals surface area contributed by atoms with Crippen molar-refractivity contribution in [1.82, 2.24) is 15.1 Å². The fourth-order valence-corrected chi connectivity index (χ4v) is 2.28. The minimum atomic E-state index is 0.347. The summed E-state index contributed by atoms with van der Waals surface area (Å²) in [6.45, 7) is 5.43. The molecule has 0 aromatic carbocycles. The predicted octanol–water partition coefficient (Wildman–Crippen LogP) is 1.88. The Morgan fingerprint density at radius 2 is 2.31 bits per heavy atom. The molecule has 1 aromatic rings. The van der Waals surface area contributed by atoms with Crippen LogP contribution < -0.4 is 10.1 Å². The molecule has 1 atom stereocenters. The van der Waals surface area contributed by atoms with Crippen LogP contribution in [0.2, 0.25) is 0 Å². The molecular weight excluding hydrogens is 202 g/mol. The fourth-order valence-electron chi connectivity index (χ4n) is 2.28. The first-order valence-electron chi connectivity index (χ1n) is 5.91. The second-order valence-electron chi connectivity index (χ2n) is 4.87. The molecule has 1 fully saturated rings. The Morgan fingerprint density at radius 3 is 2.81 bits per heavy atom. The van der Waals surface area contributed by atoms with Gasteiger partial charge in [0.15, 0.2) is 5.75 Å². The first-order chi connectivity index (χ1) is 7.62. The van der Waals surface area contributed by atoms with E-state index < -0.39 is 0 Å². The summed E-state index contributed by atoms with van der Waals surface area (Å²) in [5, 5.41) is 7.85. The van der Waals surface area contributed by atoms with Crippen molar-refractivity contribution in [3.63, 3.8) is 0 Å². The average molecular weight is 223 g/mol. The van der Waals surface area contributed by atoms with Crippen molar-refractivity contribution < 1.29 is 4.74 Å². The minimum absolute atomic E-state index is 0.347. The molecule has 1 heterocycles. The topological polar surface area (TPSA) is 39.1 Å². The highest BCUT2D eigenvalue weighted by Gasteiger charge is 2.47. The summed E-state index contributed by atoms with van der Waals surface area (Å²) >= 11 is 0. The van der Waals surface area contributed by atoms with Crippen LogP contribution in [0, 0.1) is 5.41 Å². The number of methoxy groups -OCH3 is 1. The van der Waals surface area contributed by atoms with Gasteiger partial charge in [-0.2, -0.15) is 5.10 Å². The summed E-state index contributed by atoms with van der Waals surface area (Å²) in [5.74, 6) is 0.890. The molecule has 0 bridgehead atoms. The van der Waals surface area contributed by atoms with E-state index in [1.54, 1.807) is 13.3 Å². The predicted molar refractivity (Wildman–Crippen MR) is 63.5 cm³/mol. The third-order valence-corrected chi connectivity index (χ3v) is 3.59. The largest absolute Gasteiger partial charge is 0.493 e. The van der Waals surface area contributed by atoms with Crippen LogP contribution in [0.3, 0.4) is 0 Å². The van der Waals surface area contributed by atoms with Crippen LogP contribution in [-0.4, -0.2) is 23.4 Å². The van der Waals surface area contributed by atoms with Gasteiger partial charge in [0.25, 0.3) is 0 Å². The molecular formula is C12H21N3O. The molecule has 90 valence electrons. The van der Waals surface area contributed by atoms with E-state index in [0.29, 0.717) is 11.5 Å². The molecule has 1 aromatic heterocycles. The van der Waals surface area contributed by atoms with Gasteiger partial charge < -0.3 is 10.1 Å². The molecule has 16 heavy (non-hydrogen) atoms. The Morgan fingerprint density at radius 1 is 1.62 bits per heavy atom. The molecule has 0 saturated heterocycles.